The van der Waals surface area contributed by atoms with Gasteiger partial charge in [0, 0.05) is 85.7 Å². The van der Waals surface area contributed by atoms with Crippen molar-refractivity contribution in [3.8, 4) is 22.3 Å². The smallest absolute Gasteiger partial charge is 0.251 e. The summed E-state index contributed by atoms with van der Waals surface area (Å²) in [6.45, 7) is 6.40. The number of pyridine rings is 2. The van der Waals surface area contributed by atoms with Crippen molar-refractivity contribution in [3.63, 3.8) is 0 Å². The Morgan fingerprint density at radius 3 is 2.12 bits per heavy atom. The van der Waals surface area contributed by atoms with Crippen LogP contribution in [0.25, 0.3) is 22.3 Å². The highest BCUT2D eigenvalue weighted by Crippen LogP contribution is 2.25. The molecule has 3 aromatic heterocycles. The molecule has 0 unspecified atom stereocenters. The highest BCUT2D eigenvalue weighted by Gasteiger charge is 2.24. The molecule has 5 aromatic rings. The molecule has 2 saturated heterocycles. The molecule has 0 aliphatic carbocycles. The second kappa shape index (κ2) is 15.4. The maximum atomic E-state index is 13.1. The van der Waals surface area contributed by atoms with E-state index in [4.69, 9.17) is 4.98 Å². The number of benzene rings is 2. The van der Waals surface area contributed by atoms with Crippen molar-refractivity contribution in [2.75, 3.05) is 31.1 Å². The van der Waals surface area contributed by atoms with Gasteiger partial charge in [-0.3, -0.25) is 19.5 Å². The molecule has 0 radical (unpaired) electrons. The summed E-state index contributed by atoms with van der Waals surface area (Å²) in [5.74, 6) is 0.899. The Bertz CT molecular complexity index is 1900. The molecule has 7 rings (SSSR count). The summed E-state index contributed by atoms with van der Waals surface area (Å²) in [4.78, 5) is 39.9. The predicted octanol–water partition coefficient (Wildman–Crippen LogP) is 5.70. The standard InChI is InChI=1S/C40H42N8O2/c1-28-7-9-32(23-37(28)34-11-17-43-44-26-34)40(50)45-35-12-18-47(19-13-35)27-29-8-10-38(42-24-29)48-20-14-36(15-21-48)46-39(49)31-5-2-4-30(22-31)33-6-3-16-41-25-33/h2-11,16-17,22-26,35-36H,12-15,18-21,27H2,1H3,(H,45,50)(H,46,49). The van der Waals surface area contributed by atoms with Gasteiger partial charge in [0.1, 0.15) is 5.82 Å². The second-order valence-corrected chi connectivity index (χ2v) is 13.3. The highest BCUT2D eigenvalue weighted by atomic mass is 16.2. The summed E-state index contributed by atoms with van der Waals surface area (Å²) in [5, 5.41) is 14.3. The van der Waals surface area contributed by atoms with E-state index in [0.717, 1.165) is 92.0 Å². The molecule has 0 saturated carbocycles. The van der Waals surface area contributed by atoms with Gasteiger partial charge in [0.05, 0.1) is 12.4 Å². The second-order valence-electron chi connectivity index (χ2n) is 13.3. The first kappa shape index (κ1) is 33.0. The van der Waals surface area contributed by atoms with Crippen molar-refractivity contribution in [3.05, 3.63) is 126 Å². The SMILES string of the molecule is Cc1ccc(C(=O)NC2CCN(Cc3ccc(N4CCC(NC(=O)c5cccc(-c6cccnc6)c5)CC4)nc3)CC2)cc1-c1ccnnc1. The molecule has 50 heavy (non-hydrogen) atoms. The molecule has 2 amide bonds. The van der Waals surface area contributed by atoms with Gasteiger partial charge in [0.15, 0.2) is 0 Å². The number of hydrogen-bond donors (Lipinski definition) is 2. The van der Waals surface area contributed by atoms with Gasteiger partial charge < -0.3 is 15.5 Å². The van der Waals surface area contributed by atoms with Crippen LogP contribution in [-0.4, -0.2) is 75.1 Å². The van der Waals surface area contributed by atoms with Crippen molar-refractivity contribution < 1.29 is 9.59 Å². The first-order valence-electron chi connectivity index (χ1n) is 17.4. The summed E-state index contributed by atoms with van der Waals surface area (Å²) in [6, 6.07) is 23.9. The number of nitrogens with zero attached hydrogens (tertiary/aromatic N) is 6. The number of carbonyl (C=O) groups is 2. The Hall–Kier alpha value is -5.48. The number of hydrogen-bond acceptors (Lipinski definition) is 8. The molecule has 0 atom stereocenters. The van der Waals surface area contributed by atoms with Gasteiger partial charge in [-0.25, -0.2) is 4.98 Å². The number of likely N-dealkylation sites (tertiary alicyclic amines) is 1. The largest absolute Gasteiger partial charge is 0.356 e. The summed E-state index contributed by atoms with van der Waals surface area (Å²) < 4.78 is 0. The van der Waals surface area contributed by atoms with E-state index in [9.17, 15) is 9.59 Å². The number of anilines is 1. The average Bonchev–Trinajstić information content (AvgIpc) is 3.17. The van der Waals surface area contributed by atoms with Crippen molar-refractivity contribution in [2.45, 2.75) is 51.2 Å². The van der Waals surface area contributed by atoms with E-state index in [0.29, 0.717) is 11.1 Å². The lowest BCUT2D eigenvalue weighted by Crippen LogP contribution is -2.45. The Morgan fingerprint density at radius 2 is 1.44 bits per heavy atom. The molecule has 2 fully saturated rings. The van der Waals surface area contributed by atoms with Crippen LogP contribution in [0.5, 0.6) is 0 Å². The van der Waals surface area contributed by atoms with Gasteiger partial charge in [-0.15, -0.1) is 0 Å². The minimum Gasteiger partial charge on any atom is -0.356 e. The van der Waals surface area contributed by atoms with Crippen LogP contribution in [0.1, 0.15) is 57.5 Å². The minimum absolute atomic E-state index is 0.0375. The summed E-state index contributed by atoms with van der Waals surface area (Å²) in [6.07, 6.45) is 12.5. The number of nitrogens with one attached hydrogen (secondary N) is 2. The van der Waals surface area contributed by atoms with Crippen LogP contribution in [0.15, 0.2) is 104 Å². The van der Waals surface area contributed by atoms with E-state index in [2.05, 4.69) is 47.7 Å². The number of carbonyl (C=O) groups excluding carboxylic acids is 2. The van der Waals surface area contributed by atoms with E-state index in [-0.39, 0.29) is 23.9 Å². The van der Waals surface area contributed by atoms with Crippen LogP contribution < -0.4 is 15.5 Å². The third-order valence-corrected chi connectivity index (χ3v) is 9.81. The third kappa shape index (κ3) is 8.03. The van der Waals surface area contributed by atoms with E-state index < -0.39 is 0 Å². The molecule has 10 heteroatoms. The van der Waals surface area contributed by atoms with Crippen LogP contribution in [0.3, 0.4) is 0 Å². The Kier molecular flexibility index (Phi) is 10.2. The molecular weight excluding hydrogens is 624 g/mol. The number of piperidine rings is 2. The van der Waals surface area contributed by atoms with Crippen molar-refractivity contribution >= 4 is 17.6 Å². The lowest BCUT2D eigenvalue weighted by Gasteiger charge is -2.34. The zero-order valence-electron chi connectivity index (χ0n) is 28.3. The van der Waals surface area contributed by atoms with E-state index in [1.165, 1.54) is 5.56 Å². The number of aryl methyl sites for hydroxylation is 1. The molecule has 0 spiro atoms. The van der Waals surface area contributed by atoms with Crippen LogP contribution in [0, 0.1) is 6.92 Å². The molecule has 2 aliphatic rings. The van der Waals surface area contributed by atoms with Crippen molar-refractivity contribution in [1.29, 1.82) is 0 Å². The van der Waals surface area contributed by atoms with E-state index in [1.807, 2.05) is 80.0 Å². The topological polar surface area (TPSA) is 116 Å². The number of aromatic nitrogens is 4. The van der Waals surface area contributed by atoms with Gasteiger partial charge in [-0.05, 0) is 97.3 Å². The predicted molar refractivity (Wildman–Crippen MR) is 195 cm³/mol. The van der Waals surface area contributed by atoms with E-state index >= 15 is 0 Å². The molecular formula is C40H42N8O2. The summed E-state index contributed by atoms with van der Waals surface area (Å²) in [7, 11) is 0. The summed E-state index contributed by atoms with van der Waals surface area (Å²) >= 11 is 0. The minimum atomic E-state index is -0.0390. The third-order valence-electron chi connectivity index (χ3n) is 9.81. The molecule has 10 nitrogen and oxygen atoms in total. The molecule has 2 aliphatic heterocycles. The maximum absolute atomic E-state index is 13.1. The van der Waals surface area contributed by atoms with Crippen LogP contribution in [0.2, 0.25) is 0 Å². The van der Waals surface area contributed by atoms with Crippen LogP contribution in [0.4, 0.5) is 5.82 Å². The average molecular weight is 667 g/mol. The molecule has 254 valence electrons. The lowest BCUT2D eigenvalue weighted by atomic mass is 9.98. The normalized spacial score (nSPS) is 15.8. The molecule has 2 N–H and O–H groups in total. The lowest BCUT2D eigenvalue weighted by molar-refractivity contribution is 0.0906. The highest BCUT2D eigenvalue weighted by molar-refractivity contribution is 5.96. The fourth-order valence-corrected chi connectivity index (χ4v) is 6.88. The Labute approximate surface area is 293 Å². The number of amides is 2. The zero-order chi connectivity index (χ0) is 34.3. The van der Waals surface area contributed by atoms with Crippen molar-refractivity contribution in [1.82, 2.24) is 35.7 Å². The fraction of sp³-hybridized carbons (Fsp3) is 0.300. The number of rotatable bonds is 9. The Balaban J connectivity index is 0.847. The van der Waals surface area contributed by atoms with Gasteiger partial charge in [0.2, 0.25) is 0 Å². The quantitative estimate of drug-likeness (QED) is 0.206. The van der Waals surface area contributed by atoms with Gasteiger partial charge >= 0.3 is 0 Å². The van der Waals surface area contributed by atoms with E-state index in [1.54, 1.807) is 18.6 Å². The molecule has 2 aromatic carbocycles. The first-order valence-corrected chi connectivity index (χ1v) is 17.4. The maximum Gasteiger partial charge on any atom is 0.251 e. The van der Waals surface area contributed by atoms with Gasteiger partial charge in [0.25, 0.3) is 11.8 Å². The van der Waals surface area contributed by atoms with Crippen LogP contribution >= 0.6 is 0 Å². The fourth-order valence-electron chi connectivity index (χ4n) is 6.88. The first-order chi connectivity index (χ1) is 24.5. The monoisotopic (exact) mass is 666 g/mol. The Morgan fingerprint density at radius 1 is 0.700 bits per heavy atom. The van der Waals surface area contributed by atoms with Crippen molar-refractivity contribution in [2.24, 2.45) is 0 Å². The van der Waals surface area contributed by atoms with Gasteiger partial charge in [-0.2, -0.15) is 10.2 Å². The van der Waals surface area contributed by atoms with Crippen LogP contribution in [-0.2, 0) is 6.54 Å². The van der Waals surface area contributed by atoms with Gasteiger partial charge in [-0.1, -0.05) is 30.3 Å². The summed E-state index contributed by atoms with van der Waals surface area (Å²) in [5.41, 5.74) is 7.53. The molecule has 5 heterocycles. The molecule has 0 bridgehead atoms. The zero-order valence-corrected chi connectivity index (χ0v) is 28.3.